The molecule has 1 heteroatoms. The fraction of sp³-hybridized carbons (Fsp3) is 0.947. The Balaban J connectivity index is 1.54. The molecule has 0 atom stereocenters. The fourth-order valence-corrected chi connectivity index (χ4v) is 4.09. The summed E-state index contributed by atoms with van der Waals surface area (Å²) < 4.78 is 0. The Morgan fingerprint density at radius 3 is 1.40 bits per heavy atom. The second-order valence-corrected chi connectivity index (χ2v) is 7.87. The maximum atomic E-state index is 12.1. The summed E-state index contributed by atoms with van der Waals surface area (Å²) in [6.07, 6.45) is 15.1. The number of hydrogen-bond acceptors (Lipinski definition) is 1. The van der Waals surface area contributed by atoms with Crippen LogP contribution in [0.3, 0.4) is 0 Å². The van der Waals surface area contributed by atoms with E-state index in [9.17, 15) is 4.79 Å². The van der Waals surface area contributed by atoms with Gasteiger partial charge in [-0.15, -0.1) is 0 Å². The molecule has 2 aliphatic carbocycles. The predicted octanol–water partition coefficient (Wildman–Crippen LogP) is 5.77. The summed E-state index contributed by atoms with van der Waals surface area (Å²) in [5, 5.41) is 0. The molecule has 1 nitrogen and oxygen atoms in total. The molecule has 116 valence electrons. The van der Waals surface area contributed by atoms with Crippen molar-refractivity contribution >= 4 is 5.78 Å². The Kier molecular flexibility index (Phi) is 6.58. The quantitative estimate of drug-likeness (QED) is 0.603. The highest BCUT2D eigenvalue weighted by atomic mass is 16.1. The molecule has 2 aliphatic rings. The molecule has 0 aromatic heterocycles. The molecule has 20 heavy (non-hydrogen) atoms. The molecule has 0 spiro atoms. The van der Waals surface area contributed by atoms with Crippen LogP contribution in [0.1, 0.15) is 90.9 Å². The molecule has 0 aromatic rings. The molecule has 2 rings (SSSR count). The lowest BCUT2D eigenvalue weighted by Gasteiger charge is -2.26. The number of carbonyl (C=O) groups excluding carboxylic acids is 1. The van der Waals surface area contributed by atoms with Gasteiger partial charge in [0.1, 0.15) is 5.78 Å². The van der Waals surface area contributed by atoms with Crippen LogP contribution in [0.2, 0.25) is 0 Å². The molecular formula is C19H34O. The van der Waals surface area contributed by atoms with Crippen LogP contribution in [0.4, 0.5) is 0 Å². The van der Waals surface area contributed by atoms with E-state index < -0.39 is 0 Å². The normalized spacial score (nSPS) is 34.9. The highest BCUT2D eigenvalue weighted by Gasteiger charge is 2.21. The zero-order valence-electron chi connectivity index (χ0n) is 13.7. The monoisotopic (exact) mass is 278 g/mol. The molecule has 0 radical (unpaired) electrons. The van der Waals surface area contributed by atoms with Crippen LogP contribution in [0.5, 0.6) is 0 Å². The topological polar surface area (TPSA) is 17.1 Å². The van der Waals surface area contributed by atoms with E-state index in [2.05, 4.69) is 13.8 Å². The van der Waals surface area contributed by atoms with E-state index >= 15 is 0 Å². The van der Waals surface area contributed by atoms with Gasteiger partial charge in [0.05, 0.1) is 0 Å². The maximum absolute atomic E-state index is 12.1. The Bertz CT molecular complexity index is 252. The van der Waals surface area contributed by atoms with Gasteiger partial charge in [-0.2, -0.15) is 0 Å². The van der Waals surface area contributed by atoms with Crippen LogP contribution >= 0.6 is 0 Å². The van der Waals surface area contributed by atoms with Crippen LogP contribution in [0.25, 0.3) is 0 Å². The standard InChI is InChI=1S/C19H34O/c1-15-3-7-17(8-4-15)11-13-19(20)14-12-18-9-5-16(2)6-10-18/h15-18H,3-14H2,1-2H3. The van der Waals surface area contributed by atoms with Gasteiger partial charge in [-0.25, -0.2) is 0 Å². The Hall–Kier alpha value is -0.330. The first kappa shape index (κ1) is 16.0. The third-order valence-electron chi connectivity index (χ3n) is 5.93. The van der Waals surface area contributed by atoms with E-state index in [0.29, 0.717) is 5.78 Å². The second-order valence-electron chi connectivity index (χ2n) is 7.87. The van der Waals surface area contributed by atoms with Crippen LogP contribution in [-0.4, -0.2) is 5.78 Å². The van der Waals surface area contributed by atoms with Gasteiger partial charge in [-0.3, -0.25) is 4.79 Å². The van der Waals surface area contributed by atoms with E-state index in [4.69, 9.17) is 0 Å². The van der Waals surface area contributed by atoms with E-state index in [1.54, 1.807) is 0 Å². The number of ketones is 1. The summed E-state index contributed by atoms with van der Waals surface area (Å²) in [6, 6.07) is 0. The van der Waals surface area contributed by atoms with Gasteiger partial charge >= 0.3 is 0 Å². The molecule has 0 bridgehead atoms. The van der Waals surface area contributed by atoms with Crippen molar-refractivity contribution < 1.29 is 4.79 Å². The summed E-state index contributed by atoms with van der Waals surface area (Å²) in [5.74, 6) is 4.10. The lowest BCUT2D eigenvalue weighted by Crippen LogP contribution is -2.15. The van der Waals surface area contributed by atoms with Crippen molar-refractivity contribution in [2.45, 2.75) is 90.9 Å². The summed E-state index contributed by atoms with van der Waals surface area (Å²) in [7, 11) is 0. The number of hydrogen-bond donors (Lipinski definition) is 0. The van der Waals surface area contributed by atoms with E-state index in [1.165, 1.54) is 64.2 Å². The first-order valence-corrected chi connectivity index (χ1v) is 9.15. The van der Waals surface area contributed by atoms with Gasteiger partial charge in [-0.1, -0.05) is 65.2 Å². The van der Waals surface area contributed by atoms with Gasteiger partial charge in [0.15, 0.2) is 0 Å². The average molecular weight is 278 g/mol. The number of rotatable bonds is 6. The minimum atomic E-state index is 0.544. The highest BCUT2D eigenvalue weighted by Crippen LogP contribution is 2.33. The van der Waals surface area contributed by atoms with E-state index in [0.717, 1.165) is 36.5 Å². The minimum absolute atomic E-state index is 0.544. The molecule has 0 aromatic carbocycles. The molecule has 0 heterocycles. The highest BCUT2D eigenvalue weighted by molar-refractivity contribution is 5.78. The minimum Gasteiger partial charge on any atom is -0.300 e. The second kappa shape index (κ2) is 8.20. The van der Waals surface area contributed by atoms with Crippen molar-refractivity contribution in [3.05, 3.63) is 0 Å². The third-order valence-corrected chi connectivity index (χ3v) is 5.93. The number of carbonyl (C=O) groups is 1. The average Bonchev–Trinajstić information content (AvgIpc) is 2.46. The summed E-state index contributed by atoms with van der Waals surface area (Å²) in [4.78, 5) is 12.1. The Labute approximate surface area is 125 Å². The molecule has 0 unspecified atom stereocenters. The van der Waals surface area contributed by atoms with Crippen molar-refractivity contribution in [3.63, 3.8) is 0 Å². The SMILES string of the molecule is CC1CCC(CCC(=O)CCC2CCC(C)CC2)CC1. The van der Waals surface area contributed by atoms with Crippen LogP contribution in [0, 0.1) is 23.7 Å². The zero-order chi connectivity index (χ0) is 14.4. The van der Waals surface area contributed by atoms with Gasteiger partial charge in [0.25, 0.3) is 0 Å². The summed E-state index contributed by atoms with van der Waals surface area (Å²) >= 11 is 0. The molecule has 0 aliphatic heterocycles. The summed E-state index contributed by atoms with van der Waals surface area (Å²) in [5.41, 5.74) is 0. The molecular weight excluding hydrogens is 244 g/mol. The van der Waals surface area contributed by atoms with Crippen molar-refractivity contribution in [2.75, 3.05) is 0 Å². The first-order chi connectivity index (χ1) is 9.63. The molecule has 0 amide bonds. The molecule has 2 saturated carbocycles. The van der Waals surface area contributed by atoms with Crippen LogP contribution in [0.15, 0.2) is 0 Å². The lowest BCUT2D eigenvalue weighted by atomic mass is 9.79. The van der Waals surface area contributed by atoms with Crippen molar-refractivity contribution in [1.29, 1.82) is 0 Å². The molecule has 0 N–H and O–H groups in total. The molecule has 2 fully saturated rings. The Morgan fingerprint density at radius 2 is 1.05 bits per heavy atom. The first-order valence-electron chi connectivity index (χ1n) is 9.15. The largest absolute Gasteiger partial charge is 0.300 e. The van der Waals surface area contributed by atoms with E-state index in [1.807, 2.05) is 0 Å². The zero-order valence-corrected chi connectivity index (χ0v) is 13.7. The predicted molar refractivity (Wildman–Crippen MR) is 85.7 cm³/mol. The maximum Gasteiger partial charge on any atom is 0.132 e. The molecule has 0 saturated heterocycles. The smallest absolute Gasteiger partial charge is 0.132 e. The van der Waals surface area contributed by atoms with Crippen LogP contribution in [-0.2, 0) is 4.79 Å². The number of Topliss-reactive ketones (excluding diaryl/α,β-unsaturated/α-hetero) is 1. The van der Waals surface area contributed by atoms with Crippen molar-refractivity contribution in [1.82, 2.24) is 0 Å². The third kappa shape index (κ3) is 5.58. The van der Waals surface area contributed by atoms with Gasteiger partial charge in [0.2, 0.25) is 0 Å². The van der Waals surface area contributed by atoms with Gasteiger partial charge in [0, 0.05) is 12.8 Å². The fourth-order valence-electron chi connectivity index (χ4n) is 4.09. The van der Waals surface area contributed by atoms with Crippen molar-refractivity contribution in [2.24, 2.45) is 23.7 Å². The lowest BCUT2D eigenvalue weighted by molar-refractivity contribution is -0.119. The van der Waals surface area contributed by atoms with E-state index in [-0.39, 0.29) is 0 Å². The van der Waals surface area contributed by atoms with Gasteiger partial charge < -0.3 is 0 Å². The summed E-state index contributed by atoms with van der Waals surface area (Å²) in [6.45, 7) is 4.73. The Morgan fingerprint density at radius 1 is 0.700 bits per heavy atom. The van der Waals surface area contributed by atoms with Crippen LogP contribution < -0.4 is 0 Å². The van der Waals surface area contributed by atoms with Gasteiger partial charge in [-0.05, 0) is 36.5 Å². The van der Waals surface area contributed by atoms with Crippen molar-refractivity contribution in [3.8, 4) is 0 Å².